The highest BCUT2D eigenvalue weighted by Gasteiger charge is 2.29. The predicted molar refractivity (Wildman–Crippen MR) is 149 cm³/mol. The first-order chi connectivity index (χ1) is 17.5. The topological polar surface area (TPSA) is 96.0 Å². The summed E-state index contributed by atoms with van der Waals surface area (Å²) in [4.78, 5) is 27.9. The Hall–Kier alpha value is -2.49. The van der Waals surface area contributed by atoms with Gasteiger partial charge in [0, 0.05) is 26.1 Å². The average molecular weight is 573 g/mol. The second-order valence-corrected chi connectivity index (χ2v) is 11.3. The molecule has 0 aromatic heterocycles. The SMILES string of the molecule is CCCNC(=O)C(CC)N(Cc1ccc(Cl)c(Cl)c1)C(=O)CCCN(c1ccccc1OC)S(C)(=O)=O. The van der Waals surface area contributed by atoms with Gasteiger partial charge in [-0.1, -0.05) is 55.2 Å². The van der Waals surface area contributed by atoms with Gasteiger partial charge >= 0.3 is 0 Å². The molecule has 8 nitrogen and oxygen atoms in total. The van der Waals surface area contributed by atoms with Crippen LogP contribution in [0.2, 0.25) is 10.0 Å². The van der Waals surface area contributed by atoms with Crippen LogP contribution in [0, 0.1) is 0 Å². The van der Waals surface area contributed by atoms with Crippen molar-refractivity contribution in [3.05, 3.63) is 58.1 Å². The van der Waals surface area contributed by atoms with E-state index in [1.165, 1.54) is 16.3 Å². The lowest BCUT2D eigenvalue weighted by Gasteiger charge is -2.31. The fourth-order valence-corrected chi connectivity index (χ4v) is 5.23. The van der Waals surface area contributed by atoms with Gasteiger partial charge in [-0.3, -0.25) is 13.9 Å². The first-order valence-electron chi connectivity index (χ1n) is 12.1. The Morgan fingerprint density at radius 3 is 2.38 bits per heavy atom. The van der Waals surface area contributed by atoms with Gasteiger partial charge < -0.3 is 15.0 Å². The molecule has 0 radical (unpaired) electrons. The molecule has 2 aromatic carbocycles. The van der Waals surface area contributed by atoms with E-state index in [4.69, 9.17) is 27.9 Å². The van der Waals surface area contributed by atoms with E-state index in [2.05, 4.69) is 5.32 Å². The fraction of sp³-hybridized carbons (Fsp3) is 0.462. The molecule has 37 heavy (non-hydrogen) atoms. The van der Waals surface area contributed by atoms with Gasteiger partial charge in [0.1, 0.15) is 11.8 Å². The third-order valence-electron chi connectivity index (χ3n) is 5.78. The zero-order valence-electron chi connectivity index (χ0n) is 21.7. The molecule has 0 heterocycles. The number of halogens is 2. The highest BCUT2D eigenvalue weighted by atomic mass is 35.5. The summed E-state index contributed by atoms with van der Waals surface area (Å²) in [5.41, 5.74) is 1.13. The predicted octanol–water partition coefficient (Wildman–Crippen LogP) is 4.88. The van der Waals surface area contributed by atoms with E-state index < -0.39 is 16.1 Å². The highest BCUT2D eigenvalue weighted by molar-refractivity contribution is 7.92. The highest BCUT2D eigenvalue weighted by Crippen LogP contribution is 2.30. The lowest BCUT2D eigenvalue weighted by molar-refractivity contribution is -0.141. The van der Waals surface area contributed by atoms with E-state index in [-0.39, 0.29) is 37.7 Å². The molecule has 0 aliphatic rings. The first kappa shape index (κ1) is 30.7. The van der Waals surface area contributed by atoms with E-state index in [0.717, 1.165) is 18.2 Å². The maximum absolute atomic E-state index is 13.5. The van der Waals surface area contributed by atoms with Crippen LogP contribution in [0.5, 0.6) is 5.75 Å². The Morgan fingerprint density at radius 1 is 1.08 bits per heavy atom. The van der Waals surface area contributed by atoms with E-state index in [1.807, 2.05) is 13.8 Å². The van der Waals surface area contributed by atoms with E-state index in [9.17, 15) is 18.0 Å². The Kier molecular flexibility index (Phi) is 12.0. The number of rotatable bonds is 14. The maximum atomic E-state index is 13.5. The van der Waals surface area contributed by atoms with Crippen LogP contribution in [-0.2, 0) is 26.2 Å². The van der Waals surface area contributed by atoms with Gasteiger partial charge in [0.15, 0.2) is 0 Å². The number of amides is 2. The quantitative estimate of drug-likeness (QED) is 0.348. The number of methoxy groups -OCH3 is 1. The second kappa shape index (κ2) is 14.4. The van der Waals surface area contributed by atoms with Crippen molar-refractivity contribution < 1.29 is 22.7 Å². The minimum Gasteiger partial charge on any atom is -0.495 e. The Bertz CT molecular complexity index is 1180. The summed E-state index contributed by atoms with van der Waals surface area (Å²) in [7, 11) is -2.16. The maximum Gasteiger partial charge on any atom is 0.242 e. The van der Waals surface area contributed by atoms with E-state index >= 15 is 0 Å². The molecule has 0 spiro atoms. The molecule has 0 fully saturated rings. The summed E-state index contributed by atoms with van der Waals surface area (Å²) >= 11 is 12.2. The number of benzene rings is 2. The number of carbonyl (C=O) groups is 2. The molecule has 0 saturated carbocycles. The lowest BCUT2D eigenvalue weighted by Crippen LogP contribution is -2.49. The Morgan fingerprint density at radius 2 is 1.78 bits per heavy atom. The number of hydrogen-bond acceptors (Lipinski definition) is 5. The number of sulfonamides is 1. The van der Waals surface area contributed by atoms with Gasteiger partial charge in [-0.2, -0.15) is 0 Å². The molecule has 0 aliphatic heterocycles. The van der Waals surface area contributed by atoms with Gasteiger partial charge in [0.2, 0.25) is 21.8 Å². The molecule has 2 amide bonds. The zero-order chi connectivity index (χ0) is 27.6. The molecule has 11 heteroatoms. The third-order valence-corrected chi connectivity index (χ3v) is 7.70. The summed E-state index contributed by atoms with van der Waals surface area (Å²) in [5.74, 6) is -0.0817. The van der Waals surface area contributed by atoms with Gasteiger partial charge in [0.25, 0.3) is 0 Å². The number of nitrogens with zero attached hydrogens (tertiary/aromatic N) is 2. The molecule has 1 atom stereocenters. The van der Waals surface area contributed by atoms with Gasteiger partial charge in [-0.15, -0.1) is 0 Å². The van der Waals surface area contributed by atoms with Crippen molar-refractivity contribution in [1.29, 1.82) is 0 Å². The molecule has 204 valence electrons. The minimum absolute atomic E-state index is 0.0417. The zero-order valence-corrected chi connectivity index (χ0v) is 24.0. The lowest BCUT2D eigenvalue weighted by atomic mass is 10.1. The van der Waals surface area contributed by atoms with Crippen molar-refractivity contribution in [2.75, 3.05) is 30.8 Å². The van der Waals surface area contributed by atoms with Crippen LogP contribution in [0.25, 0.3) is 0 Å². The van der Waals surface area contributed by atoms with E-state index in [0.29, 0.717) is 34.4 Å². The monoisotopic (exact) mass is 571 g/mol. The fourth-order valence-electron chi connectivity index (χ4n) is 3.94. The van der Waals surface area contributed by atoms with Gasteiger partial charge in [-0.05, 0) is 49.1 Å². The van der Waals surface area contributed by atoms with Crippen molar-refractivity contribution in [3.8, 4) is 5.75 Å². The van der Waals surface area contributed by atoms with Crippen LogP contribution < -0.4 is 14.4 Å². The normalized spacial score (nSPS) is 12.1. The van der Waals surface area contributed by atoms with Crippen molar-refractivity contribution in [2.24, 2.45) is 0 Å². The van der Waals surface area contributed by atoms with Crippen LogP contribution in [0.15, 0.2) is 42.5 Å². The largest absolute Gasteiger partial charge is 0.495 e. The summed E-state index contributed by atoms with van der Waals surface area (Å²) in [6, 6.07) is 11.2. The minimum atomic E-state index is -3.63. The number of hydrogen-bond donors (Lipinski definition) is 1. The first-order valence-corrected chi connectivity index (χ1v) is 14.8. The molecular weight excluding hydrogens is 537 g/mol. The molecule has 0 aliphatic carbocycles. The van der Waals surface area contributed by atoms with Crippen LogP contribution >= 0.6 is 23.2 Å². The molecule has 1 N–H and O–H groups in total. The number of carbonyl (C=O) groups excluding carboxylic acids is 2. The number of para-hydroxylation sites is 2. The van der Waals surface area contributed by atoms with Crippen molar-refractivity contribution >= 4 is 50.7 Å². The van der Waals surface area contributed by atoms with E-state index in [1.54, 1.807) is 42.5 Å². The molecule has 0 bridgehead atoms. The number of nitrogens with one attached hydrogen (secondary N) is 1. The van der Waals surface area contributed by atoms with Crippen LogP contribution in [0.1, 0.15) is 45.1 Å². The number of ether oxygens (including phenoxy) is 1. The summed E-state index contributed by atoms with van der Waals surface area (Å²) < 4.78 is 31.7. The van der Waals surface area contributed by atoms with Crippen molar-refractivity contribution in [2.45, 2.75) is 52.1 Å². The standard InChI is InChI=1S/C26H35Cl2N3O5S/c1-5-15-29-26(33)22(6-2)30(18-19-13-14-20(27)21(28)17-19)25(32)12-9-16-31(37(4,34)35)23-10-7-8-11-24(23)36-3/h7-8,10-11,13-14,17,22H,5-6,9,12,15-16,18H2,1-4H3,(H,29,33). The van der Waals surface area contributed by atoms with Crippen molar-refractivity contribution in [1.82, 2.24) is 10.2 Å². The molecule has 1 unspecified atom stereocenters. The molecule has 0 saturated heterocycles. The smallest absolute Gasteiger partial charge is 0.242 e. The van der Waals surface area contributed by atoms with Crippen LogP contribution in [-0.4, -0.2) is 57.6 Å². The van der Waals surface area contributed by atoms with Gasteiger partial charge in [0.05, 0.1) is 29.1 Å². The molecular formula is C26H35Cl2N3O5S. The second-order valence-electron chi connectivity index (χ2n) is 8.60. The summed E-state index contributed by atoms with van der Waals surface area (Å²) in [6.07, 6.45) is 2.59. The third kappa shape index (κ3) is 8.79. The van der Waals surface area contributed by atoms with Gasteiger partial charge in [-0.25, -0.2) is 8.42 Å². The van der Waals surface area contributed by atoms with Crippen LogP contribution in [0.3, 0.4) is 0 Å². The average Bonchev–Trinajstić information content (AvgIpc) is 2.86. The summed E-state index contributed by atoms with van der Waals surface area (Å²) in [5, 5.41) is 3.63. The molecule has 2 aromatic rings. The summed E-state index contributed by atoms with van der Waals surface area (Å²) in [6.45, 7) is 4.54. The van der Waals surface area contributed by atoms with Crippen LogP contribution in [0.4, 0.5) is 5.69 Å². The Labute approximate surface area is 229 Å². The number of anilines is 1. The van der Waals surface area contributed by atoms with Crippen molar-refractivity contribution in [3.63, 3.8) is 0 Å². The molecule has 2 rings (SSSR count). The Balaban J connectivity index is 2.26.